The summed E-state index contributed by atoms with van der Waals surface area (Å²) < 4.78 is 39.8. The number of benzene rings is 1. The van der Waals surface area contributed by atoms with Gasteiger partial charge in [-0.3, -0.25) is 10.2 Å². The van der Waals surface area contributed by atoms with Crippen molar-refractivity contribution in [1.29, 1.82) is 0 Å². The highest BCUT2D eigenvalue weighted by atomic mass is 35.5. The molecule has 0 aliphatic heterocycles. The summed E-state index contributed by atoms with van der Waals surface area (Å²) in [5, 5.41) is 5.86. The van der Waals surface area contributed by atoms with Crippen LogP contribution in [0, 0.1) is 6.92 Å². The van der Waals surface area contributed by atoms with Gasteiger partial charge in [0.15, 0.2) is 0 Å². The number of para-hydroxylation sites is 1. The van der Waals surface area contributed by atoms with E-state index in [1.165, 1.54) is 23.6 Å². The molecule has 0 bridgehead atoms. The van der Waals surface area contributed by atoms with Gasteiger partial charge in [0.1, 0.15) is 5.56 Å². The number of nitrogens with one attached hydrogen (secondary N) is 1. The molecule has 0 aliphatic rings. The third kappa shape index (κ3) is 5.47. The Morgan fingerprint density at radius 2 is 1.90 bits per heavy atom. The maximum Gasteiger partial charge on any atom is 0.421 e. The molecule has 11 heteroatoms. The van der Waals surface area contributed by atoms with Gasteiger partial charge < -0.3 is 4.57 Å². The molecular weight excluding hydrogens is 472 g/mol. The van der Waals surface area contributed by atoms with Gasteiger partial charge in [-0.25, -0.2) is 4.98 Å². The monoisotopic (exact) mass is 488 g/mol. The fraction of sp³-hybridized carbons (Fsp3) is 0.250. The Morgan fingerprint density at radius 3 is 2.55 bits per heavy atom. The van der Waals surface area contributed by atoms with Crippen LogP contribution in [0.15, 0.2) is 46.4 Å². The quantitative estimate of drug-likeness (QED) is 0.341. The summed E-state index contributed by atoms with van der Waals surface area (Å²) >= 11 is 13.6. The minimum Gasteiger partial charge on any atom is -0.315 e. The third-order valence-corrected chi connectivity index (χ3v) is 6.32. The predicted molar refractivity (Wildman–Crippen MR) is 119 cm³/mol. The number of hydrazone groups is 1. The van der Waals surface area contributed by atoms with E-state index in [9.17, 15) is 18.0 Å². The molecule has 0 radical (unpaired) electrons. The predicted octanol–water partition coefficient (Wildman–Crippen LogP) is 6.02. The van der Waals surface area contributed by atoms with Crippen LogP contribution in [0.2, 0.25) is 10.0 Å². The van der Waals surface area contributed by atoms with Gasteiger partial charge in [0.25, 0.3) is 5.56 Å². The van der Waals surface area contributed by atoms with E-state index in [4.69, 9.17) is 23.2 Å². The number of aryl methyl sites for hydroxylation is 3. The lowest BCUT2D eigenvalue weighted by atomic mass is 10.2. The van der Waals surface area contributed by atoms with Crippen molar-refractivity contribution >= 4 is 45.9 Å². The van der Waals surface area contributed by atoms with Crippen LogP contribution in [0.5, 0.6) is 0 Å². The van der Waals surface area contributed by atoms with Gasteiger partial charge in [0.2, 0.25) is 0 Å². The molecule has 3 rings (SSSR count). The molecule has 31 heavy (non-hydrogen) atoms. The number of alkyl halides is 3. The number of aromatic nitrogens is 2. The Labute approximate surface area is 190 Å². The number of halogens is 5. The fourth-order valence-corrected chi connectivity index (χ4v) is 4.32. The van der Waals surface area contributed by atoms with E-state index in [0.717, 1.165) is 21.2 Å². The van der Waals surface area contributed by atoms with Gasteiger partial charge in [-0.05, 0) is 38.1 Å². The molecule has 0 aliphatic carbocycles. The first-order valence-electron chi connectivity index (χ1n) is 9.05. The molecule has 0 spiro atoms. The number of thiazole rings is 1. The first kappa shape index (κ1) is 23.3. The van der Waals surface area contributed by atoms with Crippen molar-refractivity contribution in [2.24, 2.45) is 5.10 Å². The highest BCUT2D eigenvalue weighted by Gasteiger charge is 2.34. The SMILES string of the molecule is C/C(=N\Nc1c(Cl)cccc1Cl)c1sc(CCn2cccc(C(F)(F)F)c2=O)nc1C. The maximum absolute atomic E-state index is 12.9. The number of hydrogen-bond donors (Lipinski definition) is 1. The lowest BCUT2D eigenvalue weighted by molar-refractivity contribution is -0.139. The van der Waals surface area contributed by atoms with Crippen LogP contribution in [-0.2, 0) is 19.1 Å². The molecule has 0 atom stereocenters. The first-order valence-corrected chi connectivity index (χ1v) is 10.6. The van der Waals surface area contributed by atoms with E-state index in [1.54, 1.807) is 25.1 Å². The number of hydrogen-bond acceptors (Lipinski definition) is 5. The standard InChI is InChI=1S/C20H17Cl2F3N4OS/c1-11-18(12(2)27-28-17-14(21)6-3-7-15(17)22)31-16(26-11)8-10-29-9-4-5-13(19(29)30)20(23,24)25/h3-7,9,28H,8,10H2,1-2H3/b27-12+. The Bertz CT molecular complexity index is 1170. The lowest BCUT2D eigenvalue weighted by Gasteiger charge is -2.09. The second-order valence-electron chi connectivity index (χ2n) is 6.60. The second-order valence-corrected chi connectivity index (χ2v) is 8.49. The molecule has 164 valence electrons. The van der Waals surface area contributed by atoms with E-state index < -0.39 is 17.3 Å². The molecule has 0 amide bonds. The van der Waals surface area contributed by atoms with Gasteiger partial charge in [-0.2, -0.15) is 18.3 Å². The van der Waals surface area contributed by atoms with Crippen LogP contribution < -0.4 is 11.0 Å². The first-order chi connectivity index (χ1) is 14.6. The summed E-state index contributed by atoms with van der Waals surface area (Å²) in [6.07, 6.45) is -3.04. The van der Waals surface area contributed by atoms with Gasteiger partial charge in [0.05, 0.1) is 37.0 Å². The average Bonchev–Trinajstić information content (AvgIpc) is 3.06. The highest BCUT2D eigenvalue weighted by Crippen LogP contribution is 2.30. The minimum atomic E-state index is -4.68. The smallest absolute Gasteiger partial charge is 0.315 e. The van der Waals surface area contributed by atoms with Crippen LogP contribution in [0.3, 0.4) is 0 Å². The Morgan fingerprint density at radius 1 is 1.23 bits per heavy atom. The van der Waals surface area contributed by atoms with Gasteiger partial charge in [-0.1, -0.05) is 29.3 Å². The zero-order chi connectivity index (χ0) is 22.8. The fourth-order valence-electron chi connectivity index (χ4n) is 2.83. The van der Waals surface area contributed by atoms with Crippen LogP contribution in [-0.4, -0.2) is 15.3 Å². The molecule has 3 aromatic rings. The van der Waals surface area contributed by atoms with Crippen molar-refractivity contribution in [3.05, 3.63) is 78.1 Å². The highest BCUT2D eigenvalue weighted by molar-refractivity contribution is 7.13. The van der Waals surface area contributed by atoms with E-state index in [1.807, 2.05) is 6.92 Å². The zero-order valence-corrected chi connectivity index (χ0v) is 18.8. The number of pyridine rings is 1. The zero-order valence-electron chi connectivity index (χ0n) is 16.4. The third-order valence-electron chi connectivity index (χ3n) is 4.36. The molecule has 2 aromatic heterocycles. The Balaban J connectivity index is 1.75. The van der Waals surface area contributed by atoms with Crippen LogP contribution >= 0.6 is 34.5 Å². The van der Waals surface area contributed by atoms with Gasteiger partial charge in [-0.15, -0.1) is 11.3 Å². The summed E-state index contributed by atoms with van der Waals surface area (Å²) in [7, 11) is 0. The Hall–Kier alpha value is -2.36. The molecule has 1 aromatic carbocycles. The second kappa shape index (κ2) is 9.42. The van der Waals surface area contributed by atoms with Crippen molar-refractivity contribution in [3.63, 3.8) is 0 Å². The molecular formula is C20H17Cl2F3N4OS. The van der Waals surface area contributed by atoms with Crippen LogP contribution in [0.1, 0.15) is 28.1 Å². The number of rotatable bonds is 6. The van der Waals surface area contributed by atoms with E-state index in [0.29, 0.717) is 32.9 Å². The summed E-state index contributed by atoms with van der Waals surface area (Å²) in [6, 6.07) is 7.09. The Kier molecular flexibility index (Phi) is 7.08. The molecule has 2 heterocycles. The van der Waals surface area contributed by atoms with Crippen LogP contribution in [0.25, 0.3) is 0 Å². The van der Waals surface area contributed by atoms with E-state index >= 15 is 0 Å². The van der Waals surface area contributed by atoms with Crippen LogP contribution in [0.4, 0.5) is 18.9 Å². The van der Waals surface area contributed by atoms with Crippen molar-refractivity contribution in [1.82, 2.24) is 9.55 Å². The van der Waals surface area contributed by atoms with Crippen molar-refractivity contribution in [3.8, 4) is 0 Å². The van der Waals surface area contributed by atoms with E-state index in [-0.39, 0.29) is 6.54 Å². The normalized spacial score (nSPS) is 12.3. The molecule has 5 nitrogen and oxygen atoms in total. The summed E-state index contributed by atoms with van der Waals surface area (Å²) in [4.78, 5) is 17.3. The summed E-state index contributed by atoms with van der Waals surface area (Å²) in [6.45, 7) is 3.69. The van der Waals surface area contributed by atoms with E-state index in [2.05, 4.69) is 15.5 Å². The molecule has 0 unspecified atom stereocenters. The number of anilines is 1. The maximum atomic E-state index is 12.9. The van der Waals surface area contributed by atoms with Crippen molar-refractivity contribution in [2.45, 2.75) is 33.0 Å². The lowest BCUT2D eigenvalue weighted by Crippen LogP contribution is -2.28. The van der Waals surface area contributed by atoms with Crippen molar-refractivity contribution < 1.29 is 13.2 Å². The minimum absolute atomic E-state index is 0.0822. The topological polar surface area (TPSA) is 59.3 Å². The molecule has 0 saturated heterocycles. The molecule has 0 saturated carbocycles. The molecule has 1 N–H and O–H groups in total. The number of nitrogens with zero attached hydrogens (tertiary/aromatic N) is 3. The van der Waals surface area contributed by atoms with Gasteiger partial charge in [0, 0.05) is 19.2 Å². The largest absolute Gasteiger partial charge is 0.421 e. The summed E-state index contributed by atoms with van der Waals surface area (Å²) in [5.74, 6) is 0. The molecule has 0 fully saturated rings. The van der Waals surface area contributed by atoms with Gasteiger partial charge >= 0.3 is 6.18 Å². The van der Waals surface area contributed by atoms with Crippen molar-refractivity contribution in [2.75, 3.05) is 5.43 Å². The summed E-state index contributed by atoms with van der Waals surface area (Å²) in [5.41, 5.74) is 2.46. The average molecular weight is 489 g/mol.